The van der Waals surface area contributed by atoms with Crippen molar-refractivity contribution in [2.45, 2.75) is 0 Å². The predicted octanol–water partition coefficient (Wildman–Crippen LogP) is 11.0. The molecule has 2 aromatic heterocycles. The molecule has 0 fully saturated rings. The SMILES string of the molecule is N#Cc1cc(-c2ccc(-c3cc(C#N)ccc3-n3c4ccccc4c4ccccc43)cc2)cc(-n2c3ccccc3c3ccccc32)c1. The van der Waals surface area contributed by atoms with Crippen LogP contribution in [0.3, 0.4) is 0 Å². The maximum atomic E-state index is 10.1. The Kier molecular flexibility index (Phi) is 6.22. The number of nitrogens with zero attached hydrogens (tertiary/aromatic N) is 4. The summed E-state index contributed by atoms with van der Waals surface area (Å²) in [5, 5.41) is 24.7. The normalized spacial score (nSPS) is 11.3. The van der Waals surface area contributed by atoms with E-state index in [-0.39, 0.29) is 0 Å². The van der Waals surface area contributed by atoms with Crippen molar-refractivity contribution in [2.24, 2.45) is 0 Å². The number of aromatic nitrogens is 2. The first-order valence-electron chi connectivity index (χ1n) is 15.9. The van der Waals surface area contributed by atoms with Crippen LogP contribution < -0.4 is 0 Å². The zero-order chi connectivity index (χ0) is 32.2. The van der Waals surface area contributed by atoms with Gasteiger partial charge in [0.1, 0.15) is 0 Å². The van der Waals surface area contributed by atoms with Crippen molar-refractivity contribution in [3.05, 3.63) is 169 Å². The maximum Gasteiger partial charge on any atom is 0.0992 e. The van der Waals surface area contributed by atoms with E-state index < -0.39 is 0 Å². The van der Waals surface area contributed by atoms with Gasteiger partial charge in [0.25, 0.3) is 0 Å². The van der Waals surface area contributed by atoms with Crippen LogP contribution in [-0.4, -0.2) is 9.13 Å². The standard InChI is InChI=1S/C44H26N4/c45-27-29-17-22-44(48-42-15-7-3-11-37(42)38-12-4-8-16-43(38)48)39(25-29)32-20-18-31(19-21-32)33-23-30(28-46)24-34(26-33)47-40-13-5-1-9-35(40)36-10-2-6-14-41(36)47/h1-26H. The summed E-state index contributed by atoms with van der Waals surface area (Å²) in [6.07, 6.45) is 0. The number of rotatable bonds is 4. The molecule has 0 saturated heterocycles. The first kappa shape index (κ1) is 27.4. The minimum Gasteiger partial charge on any atom is -0.309 e. The van der Waals surface area contributed by atoms with Gasteiger partial charge in [-0.15, -0.1) is 0 Å². The van der Waals surface area contributed by atoms with Crippen LogP contribution in [0.25, 0.3) is 77.2 Å². The van der Waals surface area contributed by atoms with E-state index in [1.54, 1.807) is 0 Å². The highest BCUT2D eigenvalue weighted by atomic mass is 15.0. The quantitative estimate of drug-likeness (QED) is 0.199. The lowest BCUT2D eigenvalue weighted by Gasteiger charge is -2.15. The van der Waals surface area contributed by atoms with Gasteiger partial charge in [-0.25, -0.2) is 0 Å². The van der Waals surface area contributed by atoms with Crippen LogP contribution >= 0.6 is 0 Å². The second-order valence-corrected chi connectivity index (χ2v) is 12.0. The van der Waals surface area contributed by atoms with Crippen LogP contribution in [0.5, 0.6) is 0 Å². The first-order valence-corrected chi connectivity index (χ1v) is 15.9. The zero-order valence-electron chi connectivity index (χ0n) is 25.8. The fraction of sp³-hybridized carbons (Fsp3) is 0. The number of fused-ring (bicyclic) bond motifs is 6. The van der Waals surface area contributed by atoms with E-state index in [0.717, 1.165) is 55.7 Å². The van der Waals surface area contributed by atoms with E-state index in [4.69, 9.17) is 0 Å². The van der Waals surface area contributed by atoms with Crippen LogP contribution in [0.1, 0.15) is 11.1 Å². The number of para-hydroxylation sites is 4. The Labute approximate surface area is 277 Å². The lowest BCUT2D eigenvalue weighted by molar-refractivity contribution is 1.18. The molecule has 0 unspecified atom stereocenters. The summed E-state index contributed by atoms with van der Waals surface area (Å²) >= 11 is 0. The Hall–Kier alpha value is -6.88. The molecule has 0 radical (unpaired) electrons. The van der Waals surface area contributed by atoms with E-state index >= 15 is 0 Å². The molecular weight excluding hydrogens is 585 g/mol. The summed E-state index contributed by atoms with van der Waals surface area (Å²) in [5.41, 5.74) is 11.6. The first-order chi connectivity index (χ1) is 23.7. The third-order valence-electron chi connectivity index (χ3n) is 9.36. The van der Waals surface area contributed by atoms with Crippen molar-refractivity contribution >= 4 is 43.6 Å². The number of nitriles is 2. The molecule has 0 N–H and O–H groups in total. The van der Waals surface area contributed by atoms with Crippen LogP contribution in [0, 0.1) is 22.7 Å². The van der Waals surface area contributed by atoms with Crippen molar-refractivity contribution in [2.75, 3.05) is 0 Å². The molecule has 0 aliphatic carbocycles. The number of hydrogen-bond acceptors (Lipinski definition) is 2. The third kappa shape index (κ3) is 4.22. The molecule has 4 heteroatoms. The van der Waals surface area contributed by atoms with Crippen molar-refractivity contribution in [1.29, 1.82) is 10.5 Å². The van der Waals surface area contributed by atoms with Crippen LogP contribution in [0.2, 0.25) is 0 Å². The molecule has 0 aliphatic rings. The Morgan fingerprint density at radius 3 is 1.38 bits per heavy atom. The minimum atomic E-state index is 0.601. The Bertz CT molecular complexity index is 2690. The highest BCUT2D eigenvalue weighted by Crippen LogP contribution is 2.38. The molecular formula is C44H26N4. The molecule has 48 heavy (non-hydrogen) atoms. The van der Waals surface area contributed by atoms with E-state index in [2.05, 4.69) is 155 Å². The van der Waals surface area contributed by atoms with E-state index in [9.17, 15) is 10.5 Å². The topological polar surface area (TPSA) is 57.4 Å². The third-order valence-corrected chi connectivity index (χ3v) is 9.36. The van der Waals surface area contributed by atoms with E-state index in [1.165, 1.54) is 21.5 Å². The molecule has 2 heterocycles. The smallest absolute Gasteiger partial charge is 0.0992 e. The van der Waals surface area contributed by atoms with Gasteiger partial charge in [0, 0.05) is 32.8 Å². The summed E-state index contributed by atoms with van der Waals surface area (Å²) in [7, 11) is 0. The van der Waals surface area contributed by atoms with Gasteiger partial charge in [0.15, 0.2) is 0 Å². The number of hydrogen-bond donors (Lipinski definition) is 0. The highest BCUT2D eigenvalue weighted by molar-refractivity contribution is 6.10. The fourth-order valence-corrected chi connectivity index (χ4v) is 7.23. The van der Waals surface area contributed by atoms with Gasteiger partial charge < -0.3 is 9.13 Å². The molecule has 222 valence electrons. The van der Waals surface area contributed by atoms with Gasteiger partial charge in [0.2, 0.25) is 0 Å². The average molecular weight is 611 g/mol. The van der Waals surface area contributed by atoms with Crippen molar-refractivity contribution in [3.63, 3.8) is 0 Å². The van der Waals surface area contributed by atoms with Gasteiger partial charge in [-0.1, -0.05) is 97.1 Å². The van der Waals surface area contributed by atoms with E-state index in [1.807, 2.05) is 24.3 Å². The summed E-state index contributed by atoms with van der Waals surface area (Å²) < 4.78 is 4.54. The van der Waals surface area contributed by atoms with Gasteiger partial charge in [0.05, 0.1) is 51.0 Å². The van der Waals surface area contributed by atoms with Crippen molar-refractivity contribution in [3.8, 4) is 45.8 Å². The molecule has 9 aromatic rings. The second-order valence-electron chi connectivity index (χ2n) is 12.0. The second kappa shape index (κ2) is 10.9. The highest BCUT2D eigenvalue weighted by Gasteiger charge is 2.17. The molecule has 0 aliphatic heterocycles. The Balaban J connectivity index is 1.20. The van der Waals surface area contributed by atoms with Crippen LogP contribution in [0.15, 0.2) is 158 Å². The molecule has 9 rings (SSSR count). The molecule has 0 spiro atoms. The van der Waals surface area contributed by atoms with Gasteiger partial charge in [-0.05, 0) is 77.4 Å². The molecule has 7 aromatic carbocycles. The summed E-state index contributed by atoms with van der Waals surface area (Å²) in [6.45, 7) is 0. The van der Waals surface area contributed by atoms with Crippen molar-refractivity contribution in [1.82, 2.24) is 9.13 Å². The van der Waals surface area contributed by atoms with Gasteiger partial charge in [-0.2, -0.15) is 10.5 Å². The fourth-order valence-electron chi connectivity index (χ4n) is 7.23. The Morgan fingerprint density at radius 2 is 0.854 bits per heavy atom. The molecule has 0 bridgehead atoms. The molecule has 4 nitrogen and oxygen atoms in total. The number of benzene rings is 7. The van der Waals surface area contributed by atoms with Crippen LogP contribution in [-0.2, 0) is 0 Å². The lowest BCUT2D eigenvalue weighted by atomic mass is 9.96. The monoisotopic (exact) mass is 610 g/mol. The Morgan fingerprint density at radius 1 is 0.375 bits per heavy atom. The van der Waals surface area contributed by atoms with E-state index in [0.29, 0.717) is 11.1 Å². The van der Waals surface area contributed by atoms with Crippen molar-refractivity contribution < 1.29 is 0 Å². The largest absolute Gasteiger partial charge is 0.309 e. The average Bonchev–Trinajstić information content (AvgIpc) is 3.67. The van der Waals surface area contributed by atoms with Gasteiger partial charge >= 0.3 is 0 Å². The summed E-state index contributed by atoms with van der Waals surface area (Å²) in [4.78, 5) is 0. The molecule has 0 atom stereocenters. The lowest BCUT2D eigenvalue weighted by Crippen LogP contribution is -1.98. The predicted molar refractivity (Wildman–Crippen MR) is 195 cm³/mol. The maximum absolute atomic E-state index is 10.1. The summed E-state index contributed by atoms with van der Waals surface area (Å²) in [5.74, 6) is 0. The van der Waals surface area contributed by atoms with Crippen LogP contribution in [0.4, 0.5) is 0 Å². The molecule has 0 amide bonds. The minimum absolute atomic E-state index is 0.601. The van der Waals surface area contributed by atoms with Gasteiger partial charge in [-0.3, -0.25) is 0 Å². The molecule has 0 saturated carbocycles. The summed E-state index contributed by atoms with van der Waals surface area (Å²) in [6, 6.07) is 58.9. The zero-order valence-corrected chi connectivity index (χ0v) is 25.8.